The summed E-state index contributed by atoms with van der Waals surface area (Å²) in [6.07, 6.45) is 2.56. The Morgan fingerprint density at radius 3 is 2.47 bits per heavy atom. The van der Waals surface area contributed by atoms with Gasteiger partial charge < -0.3 is 21.9 Å². The Morgan fingerprint density at radius 2 is 1.80 bits per heavy atom. The van der Waals surface area contributed by atoms with Crippen molar-refractivity contribution in [3.8, 4) is 28.3 Å². The molecule has 0 saturated carbocycles. The van der Waals surface area contributed by atoms with Crippen LogP contribution in [0.3, 0.4) is 0 Å². The first-order chi connectivity index (χ1) is 14.3. The van der Waals surface area contributed by atoms with E-state index in [2.05, 4.69) is 29.1 Å². The highest BCUT2D eigenvalue weighted by atomic mass is 16.3. The molecule has 30 heavy (non-hydrogen) atoms. The minimum atomic E-state index is -0.473. The van der Waals surface area contributed by atoms with Crippen LogP contribution in [0.5, 0.6) is 5.75 Å². The first-order valence-corrected chi connectivity index (χ1v) is 9.89. The summed E-state index contributed by atoms with van der Waals surface area (Å²) < 4.78 is 0. The second-order valence-electron chi connectivity index (χ2n) is 7.71. The summed E-state index contributed by atoms with van der Waals surface area (Å²) in [5.74, 6) is 1.19. The first-order valence-electron chi connectivity index (χ1n) is 9.89. The van der Waals surface area contributed by atoms with Crippen LogP contribution in [0.1, 0.15) is 30.6 Å². The van der Waals surface area contributed by atoms with Crippen LogP contribution in [0, 0.1) is 5.92 Å². The van der Waals surface area contributed by atoms with Crippen molar-refractivity contribution < 1.29 is 9.90 Å². The molecule has 0 aliphatic heterocycles. The SMILES string of the molecule is CC(C)C[C@@H](N)CNc1ccnc(-c2cc(-c3ccc(C(N)=O)cc3)ccc2O)n1. The monoisotopic (exact) mass is 405 g/mol. The van der Waals surface area contributed by atoms with E-state index in [0.29, 0.717) is 35.2 Å². The van der Waals surface area contributed by atoms with Crippen molar-refractivity contribution in [2.45, 2.75) is 26.3 Å². The molecule has 0 aliphatic carbocycles. The summed E-state index contributed by atoms with van der Waals surface area (Å²) in [6.45, 7) is 4.88. The van der Waals surface area contributed by atoms with Gasteiger partial charge in [0.2, 0.25) is 5.91 Å². The van der Waals surface area contributed by atoms with Crippen molar-refractivity contribution in [2.24, 2.45) is 17.4 Å². The van der Waals surface area contributed by atoms with E-state index >= 15 is 0 Å². The van der Waals surface area contributed by atoms with Gasteiger partial charge in [-0.05, 0) is 53.8 Å². The number of hydrogen-bond donors (Lipinski definition) is 4. The molecule has 7 heteroatoms. The maximum absolute atomic E-state index is 11.3. The number of anilines is 1. The molecule has 0 spiro atoms. The van der Waals surface area contributed by atoms with E-state index in [-0.39, 0.29) is 11.8 Å². The number of hydrogen-bond acceptors (Lipinski definition) is 6. The molecule has 0 fully saturated rings. The second kappa shape index (κ2) is 9.37. The van der Waals surface area contributed by atoms with Gasteiger partial charge in [0.1, 0.15) is 11.6 Å². The summed E-state index contributed by atoms with van der Waals surface area (Å²) in [5, 5.41) is 13.6. The summed E-state index contributed by atoms with van der Waals surface area (Å²) in [7, 11) is 0. The van der Waals surface area contributed by atoms with Crippen LogP contribution in [-0.2, 0) is 0 Å². The third kappa shape index (κ3) is 5.33. The standard InChI is InChI=1S/C23H27N5O2/c1-14(2)11-18(24)13-27-21-9-10-26-23(28-21)19-12-17(7-8-20(19)29)15-3-5-16(6-4-15)22(25)30/h3-10,12,14,18,29H,11,13,24H2,1-2H3,(H2,25,30)(H,26,27,28)/t18-/m1/s1. The molecule has 0 aliphatic rings. The fourth-order valence-corrected chi connectivity index (χ4v) is 3.23. The minimum absolute atomic E-state index is 0.0310. The molecule has 3 rings (SSSR count). The average molecular weight is 406 g/mol. The summed E-state index contributed by atoms with van der Waals surface area (Å²) >= 11 is 0. The lowest BCUT2D eigenvalue weighted by Gasteiger charge is -2.15. The van der Waals surface area contributed by atoms with Crippen molar-refractivity contribution in [3.63, 3.8) is 0 Å². The maximum atomic E-state index is 11.3. The first kappa shape index (κ1) is 21.3. The highest BCUT2D eigenvalue weighted by molar-refractivity contribution is 5.93. The molecule has 1 atom stereocenters. The van der Waals surface area contributed by atoms with Gasteiger partial charge in [-0.2, -0.15) is 0 Å². The smallest absolute Gasteiger partial charge is 0.248 e. The molecule has 0 saturated heterocycles. The molecule has 156 valence electrons. The van der Waals surface area contributed by atoms with E-state index in [1.165, 1.54) is 0 Å². The van der Waals surface area contributed by atoms with Gasteiger partial charge in [0.05, 0.1) is 5.56 Å². The van der Waals surface area contributed by atoms with E-state index in [1.54, 1.807) is 36.5 Å². The molecular weight excluding hydrogens is 378 g/mol. The van der Waals surface area contributed by atoms with Gasteiger partial charge in [-0.1, -0.05) is 32.0 Å². The fourth-order valence-electron chi connectivity index (χ4n) is 3.23. The van der Waals surface area contributed by atoms with Crippen LogP contribution < -0.4 is 16.8 Å². The number of amides is 1. The van der Waals surface area contributed by atoms with Crippen molar-refractivity contribution in [1.82, 2.24) is 9.97 Å². The van der Waals surface area contributed by atoms with Crippen molar-refractivity contribution >= 4 is 11.7 Å². The Balaban J connectivity index is 1.83. The van der Waals surface area contributed by atoms with Crippen LogP contribution in [0.25, 0.3) is 22.5 Å². The van der Waals surface area contributed by atoms with Crippen LogP contribution in [-0.4, -0.2) is 33.6 Å². The van der Waals surface area contributed by atoms with E-state index in [9.17, 15) is 9.90 Å². The topological polar surface area (TPSA) is 127 Å². The second-order valence-corrected chi connectivity index (χ2v) is 7.71. The van der Waals surface area contributed by atoms with Gasteiger partial charge >= 0.3 is 0 Å². The van der Waals surface area contributed by atoms with E-state index in [0.717, 1.165) is 17.5 Å². The minimum Gasteiger partial charge on any atom is -0.507 e. The van der Waals surface area contributed by atoms with Gasteiger partial charge in [0, 0.05) is 24.3 Å². The van der Waals surface area contributed by atoms with Crippen molar-refractivity contribution in [1.29, 1.82) is 0 Å². The average Bonchev–Trinajstić information content (AvgIpc) is 2.72. The van der Waals surface area contributed by atoms with Crippen LogP contribution >= 0.6 is 0 Å². The molecule has 0 unspecified atom stereocenters. The van der Waals surface area contributed by atoms with Gasteiger partial charge in [-0.15, -0.1) is 0 Å². The molecule has 1 aromatic heterocycles. The molecule has 7 nitrogen and oxygen atoms in total. The molecule has 6 N–H and O–H groups in total. The molecule has 0 radical (unpaired) electrons. The molecule has 3 aromatic rings. The lowest BCUT2D eigenvalue weighted by Crippen LogP contribution is -2.30. The molecule has 1 heterocycles. The summed E-state index contributed by atoms with van der Waals surface area (Å²) in [4.78, 5) is 20.1. The van der Waals surface area contributed by atoms with Crippen molar-refractivity contribution in [3.05, 3.63) is 60.3 Å². The predicted octanol–water partition coefficient (Wildman–Crippen LogP) is 3.40. The van der Waals surface area contributed by atoms with Crippen LogP contribution in [0.4, 0.5) is 5.82 Å². The third-order valence-corrected chi connectivity index (χ3v) is 4.72. The quantitative estimate of drug-likeness (QED) is 0.455. The number of nitrogens with two attached hydrogens (primary N) is 2. The van der Waals surface area contributed by atoms with Gasteiger partial charge in [-0.3, -0.25) is 4.79 Å². The Bertz CT molecular complexity index is 1020. The lowest BCUT2D eigenvalue weighted by molar-refractivity contribution is 0.100. The van der Waals surface area contributed by atoms with E-state index in [4.69, 9.17) is 11.5 Å². The largest absolute Gasteiger partial charge is 0.507 e. The van der Waals surface area contributed by atoms with E-state index < -0.39 is 5.91 Å². The zero-order valence-corrected chi connectivity index (χ0v) is 17.2. The number of aromatic hydroxyl groups is 1. The molecule has 1 amide bonds. The number of rotatable bonds is 8. The van der Waals surface area contributed by atoms with Crippen molar-refractivity contribution in [2.75, 3.05) is 11.9 Å². The Morgan fingerprint density at radius 1 is 1.10 bits per heavy atom. The normalized spacial score (nSPS) is 12.0. The molecule has 2 aromatic carbocycles. The highest BCUT2D eigenvalue weighted by Gasteiger charge is 2.12. The Kier molecular flexibility index (Phi) is 6.64. The number of benzene rings is 2. The third-order valence-electron chi connectivity index (χ3n) is 4.72. The van der Waals surface area contributed by atoms with Crippen LogP contribution in [0.2, 0.25) is 0 Å². The van der Waals surface area contributed by atoms with E-state index in [1.807, 2.05) is 18.2 Å². The summed E-state index contributed by atoms with van der Waals surface area (Å²) in [5.41, 5.74) is 14.1. The Labute approximate surface area is 176 Å². The Hall–Kier alpha value is -3.45. The zero-order valence-electron chi connectivity index (χ0n) is 17.2. The number of aromatic nitrogens is 2. The van der Waals surface area contributed by atoms with Gasteiger partial charge in [0.25, 0.3) is 0 Å². The highest BCUT2D eigenvalue weighted by Crippen LogP contribution is 2.32. The number of carbonyl (C=O) groups is 1. The lowest BCUT2D eigenvalue weighted by atomic mass is 10.0. The van der Waals surface area contributed by atoms with Gasteiger partial charge in [0.15, 0.2) is 5.82 Å². The predicted molar refractivity (Wildman–Crippen MR) is 119 cm³/mol. The number of primary amides is 1. The maximum Gasteiger partial charge on any atom is 0.248 e. The molecule has 0 bridgehead atoms. The number of phenols is 1. The number of nitrogens with one attached hydrogen (secondary N) is 1. The summed E-state index contributed by atoms with van der Waals surface area (Å²) in [6, 6.07) is 14.0. The number of carbonyl (C=O) groups excluding carboxylic acids is 1. The molecular formula is C23H27N5O2. The zero-order chi connectivity index (χ0) is 21.7. The van der Waals surface area contributed by atoms with Gasteiger partial charge in [-0.25, -0.2) is 9.97 Å². The number of phenolic OH excluding ortho intramolecular Hbond substituents is 1. The number of nitrogens with zero attached hydrogens (tertiary/aromatic N) is 2. The fraction of sp³-hybridized carbons (Fsp3) is 0.261. The van der Waals surface area contributed by atoms with Crippen LogP contribution in [0.15, 0.2) is 54.7 Å².